The number of aromatic nitrogens is 3. The predicted octanol–water partition coefficient (Wildman–Crippen LogP) is 1.89. The fraction of sp³-hybridized carbons (Fsp3) is 0.400. The molecule has 1 N–H and O–H groups in total. The molecule has 0 aliphatic carbocycles. The maximum Gasteiger partial charge on any atom is 0.212 e. The summed E-state index contributed by atoms with van der Waals surface area (Å²) in [4.78, 5) is 15.5. The van der Waals surface area contributed by atoms with Crippen LogP contribution in [0.5, 0.6) is 0 Å². The molecule has 0 bridgehead atoms. The van der Waals surface area contributed by atoms with Crippen molar-refractivity contribution in [2.75, 3.05) is 5.32 Å². The van der Waals surface area contributed by atoms with E-state index >= 15 is 0 Å². The first-order valence-corrected chi connectivity index (χ1v) is 4.17. The summed E-state index contributed by atoms with van der Waals surface area (Å²) in [7, 11) is 0. The molecule has 0 saturated carbocycles. The van der Waals surface area contributed by atoms with Crippen LogP contribution >= 0.6 is 0 Å². The Hall–Kier alpha value is -0.676. The van der Waals surface area contributed by atoms with Crippen molar-refractivity contribution < 1.29 is 34.1 Å². The standard InChI is InChI=1S/C9H11N5.CH4.Y.H2/c1-5-8-11-7(3)13-9(14-8)12-6(2)10-4;;;/h2,4H,5H2,1,3H3,(H,11,12,13,14);1H4;;1H/q-2;;;/i;;;1+1. The quantitative estimate of drug-likeness (QED) is 0.681. The van der Waals surface area contributed by atoms with Gasteiger partial charge in [0.15, 0.2) is 0 Å². The molecule has 6 heteroatoms. The van der Waals surface area contributed by atoms with Crippen molar-refractivity contribution in [1.82, 2.24) is 15.0 Å². The number of nitrogens with zero attached hydrogens (tertiary/aromatic N) is 4. The van der Waals surface area contributed by atoms with Crippen molar-refractivity contribution in [3.8, 4) is 0 Å². The number of aliphatic imine (C=N–C) groups is 1. The first-order valence-electron chi connectivity index (χ1n) is 4.17. The van der Waals surface area contributed by atoms with E-state index in [1.54, 1.807) is 6.92 Å². The zero-order chi connectivity index (χ0) is 10.6. The SMILES string of the molecule is C.[2HH].[CH-]=NC(=[CH-])Nc1nc(C)nc(CC)n1.[Y]. The van der Waals surface area contributed by atoms with E-state index in [1.807, 2.05) is 6.92 Å². The summed E-state index contributed by atoms with van der Waals surface area (Å²) in [5, 5.41) is 2.65. The minimum Gasteiger partial charge on any atom is -0.577 e. The van der Waals surface area contributed by atoms with Crippen molar-refractivity contribution in [3.05, 3.63) is 24.0 Å². The monoisotopic (exact) mass is 297 g/mol. The summed E-state index contributed by atoms with van der Waals surface area (Å²) in [5.74, 6) is 1.76. The normalized spacial score (nSPS) is 8.38. The van der Waals surface area contributed by atoms with E-state index in [4.69, 9.17) is 13.3 Å². The van der Waals surface area contributed by atoms with Crippen molar-refractivity contribution in [2.24, 2.45) is 4.99 Å². The Morgan fingerprint density at radius 3 is 2.56 bits per heavy atom. The number of hydrogen-bond acceptors (Lipinski definition) is 5. The largest absolute Gasteiger partial charge is 0.577 e. The van der Waals surface area contributed by atoms with E-state index in [2.05, 4.69) is 25.3 Å². The van der Waals surface area contributed by atoms with Gasteiger partial charge in [-0.15, -0.1) is 0 Å². The van der Waals surface area contributed by atoms with Gasteiger partial charge in [-0.05, 0) is 6.92 Å². The minimum atomic E-state index is 0. The van der Waals surface area contributed by atoms with Gasteiger partial charge in [0.05, 0.1) is 0 Å². The second-order valence-electron chi connectivity index (χ2n) is 2.62. The van der Waals surface area contributed by atoms with Gasteiger partial charge >= 0.3 is 0 Å². The van der Waals surface area contributed by atoms with Gasteiger partial charge in [-0.2, -0.15) is 16.7 Å². The van der Waals surface area contributed by atoms with Gasteiger partial charge in [-0.1, -0.05) is 14.4 Å². The third kappa shape index (κ3) is 5.42. The molecule has 1 radical (unpaired) electrons. The zero-order valence-electron chi connectivity index (χ0n) is 8.73. The van der Waals surface area contributed by atoms with Crippen LogP contribution in [-0.2, 0) is 39.1 Å². The van der Waals surface area contributed by atoms with Crippen molar-refractivity contribution in [2.45, 2.75) is 27.7 Å². The molecule has 87 valence electrons. The van der Waals surface area contributed by atoms with Crippen molar-refractivity contribution >= 4 is 12.7 Å². The Morgan fingerprint density at radius 1 is 1.44 bits per heavy atom. The van der Waals surface area contributed by atoms with Crippen LogP contribution in [0.4, 0.5) is 5.95 Å². The molecule has 1 aromatic heterocycles. The van der Waals surface area contributed by atoms with Gasteiger partial charge in [-0.25, -0.2) is 10.8 Å². The third-order valence-corrected chi connectivity index (χ3v) is 1.49. The third-order valence-electron chi connectivity index (χ3n) is 1.49. The predicted molar refractivity (Wildman–Crippen MR) is 62.7 cm³/mol. The van der Waals surface area contributed by atoms with E-state index < -0.39 is 0 Å². The second-order valence-corrected chi connectivity index (χ2v) is 2.62. The topological polar surface area (TPSA) is 63.1 Å². The maximum absolute atomic E-state index is 5.36. The molecule has 0 unspecified atom stereocenters. The van der Waals surface area contributed by atoms with Gasteiger partial charge < -0.3 is 16.9 Å². The summed E-state index contributed by atoms with van der Waals surface area (Å²) in [6, 6.07) is 0. The van der Waals surface area contributed by atoms with E-state index in [0.29, 0.717) is 17.6 Å². The summed E-state index contributed by atoms with van der Waals surface area (Å²) in [6.45, 7) is 14.1. The molecule has 0 spiro atoms. The van der Waals surface area contributed by atoms with Gasteiger partial charge in [0, 0.05) is 40.6 Å². The summed E-state index contributed by atoms with van der Waals surface area (Å²) >= 11 is 0. The van der Waals surface area contributed by atoms with E-state index in [0.717, 1.165) is 6.42 Å². The Kier molecular flexibility index (Phi) is 9.38. The Bertz CT molecular complexity index is 370. The molecule has 1 heterocycles. The van der Waals surface area contributed by atoms with Crippen LogP contribution < -0.4 is 5.32 Å². The molecule has 0 amide bonds. The first kappa shape index (κ1) is 17.7. The van der Waals surface area contributed by atoms with Crippen LogP contribution in [0.2, 0.25) is 0 Å². The molecule has 0 aromatic carbocycles. The van der Waals surface area contributed by atoms with E-state index in [9.17, 15) is 0 Å². The maximum atomic E-state index is 5.36. The van der Waals surface area contributed by atoms with E-state index in [1.165, 1.54) is 0 Å². The number of aryl methyl sites for hydroxylation is 2. The second kappa shape index (κ2) is 8.47. The molecular formula is C10H17N5Y-2. The fourth-order valence-electron chi connectivity index (χ4n) is 0.898. The van der Waals surface area contributed by atoms with Gasteiger partial charge in [0.1, 0.15) is 11.6 Å². The Balaban J connectivity index is -0.000000653. The fourth-order valence-corrected chi connectivity index (χ4v) is 0.898. The number of nitrogens with one attached hydrogen (secondary N) is 1. The van der Waals surface area contributed by atoms with Gasteiger partial charge in [0.25, 0.3) is 0 Å². The molecule has 5 nitrogen and oxygen atoms in total. The molecule has 1 aromatic rings. The number of anilines is 1. The molecular weight excluding hydrogens is 279 g/mol. The molecule has 0 fully saturated rings. The average molecular weight is 297 g/mol. The molecule has 16 heavy (non-hydrogen) atoms. The van der Waals surface area contributed by atoms with Crippen LogP contribution in [0.25, 0.3) is 0 Å². The zero-order valence-corrected chi connectivity index (χ0v) is 11.6. The number of rotatable bonds is 4. The number of hydrogen-bond donors (Lipinski definition) is 1. The minimum absolute atomic E-state index is 0. The summed E-state index contributed by atoms with van der Waals surface area (Å²) < 4.78 is 0. The average Bonchev–Trinajstić information content (AvgIpc) is 2.16. The van der Waals surface area contributed by atoms with Crippen molar-refractivity contribution in [3.63, 3.8) is 0 Å². The molecule has 0 saturated heterocycles. The van der Waals surface area contributed by atoms with Gasteiger partial charge in [-0.3, -0.25) is 0 Å². The first-order chi connectivity index (χ1) is 6.65. The Morgan fingerprint density at radius 2 is 2.06 bits per heavy atom. The molecule has 1 rings (SSSR count). The van der Waals surface area contributed by atoms with Crippen LogP contribution in [0, 0.1) is 13.5 Å². The van der Waals surface area contributed by atoms with Gasteiger partial charge in [0.2, 0.25) is 5.95 Å². The molecule has 0 aliphatic rings. The van der Waals surface area contributed by atoms with Crippen LogP contribution in [0.3, 0.4) is 0 Å². The molecule has 0 aliphatic heterocycles. The van der Waals surface area contributed by atoms with Crippen LogP contribution in [-0.4, -0.2) is 21.7 Å². The van der Waals surface area contributed by atoms with Crippen molar-refractivity contribution in [1.29, 1.82) is 0 Å². The van der Waals surface area contributed by atoms with E-state index in [-0.39, 0.29) is 47.4 Å². The summed E-state index contributed by atoms with van der Waals surface area (Å²) in [6.07, 6.45) is 0.734. The smallest absolute Gasteiger partial charge is 0.212 e. The summed E-state index contributed by atoms with van der Waals surface area (Å²) in [5.41, 5.74) is 0. The van der Waals surface area contributed by atoms with Crippen LogP contribution in [0.1, 0.15) is 27.4 Å². The Labute approximate surface area is 123 Å². The molecule has 0 atom stereocenters. The van der Waals surface area contributed by atoms with Crippen LogP contribution in [0.15, 0.2) is 10.8 Å².